The van der Waals surface area contributed by atoms with Gasteiger partial charge in [0.25, 0.3) is 0 Å². The standard InChI is InChI=1S/C13H14ClN/c1-8(2)10-4-5-12-11(7-10)9(3)6-13(14)15-12/h4-8H,1-3H3. The summed E-state index contributed by atoms with van der Waals surface area (Å²) in [7, 11) is 0. The number of aryl methyl sites for hydroxylation is 1. The molecule has 0 amide bonds. The molecular weight excluding hydrogens is 206 g/mol. The molecule has 0 aliphatic rings. The normalized spacial score (nSPS) is 11.3. The second-order valence-corrected chi connectivity index (χ2v) is 4.58. The van der Waals surface area contributed by atoms with Crippen LogP contribution in [-0.4, -0.2) is 4.98 Å². The predicted octanol–water partition coefficient (Wildman–Crippen LogP) is 4.32. The topological polar surface area (TPSA) is 12.9 Å². The van der Waals surface area contributed by atoms with E-state index in [1.165, 1.54) is 16.5 Å². The molecule has 0 aliphatic carbocycles. The van der Waals surface area contributed by atoms with Crippen LogP contribution in [0.1, 0.15) is 30.9 Å². The highest BCUT2D eigenvalue weighted by atomic mass is 35.5. The van der Waals surface area contributed by atoms with E-state index in [1.807, 2.05) is 12.1 Å². The highest BCUT2D eigenvalue weighted by Gasteiger charge is 2.04. The van der Waals surface area contributed by atoms with Gasteiger partial charge in [-0.1, -0.05) is 31.5 Å². The third-order valence-electron chi connectivity index (χ3n) is 2.67. The first-order valence-electron chi connectivity index (χ1n) is 5.14. The third-order valence-corrected chi connectivity index (χ3v) is 2.87. The summed E-state index contributed by atoms with van der Waals surface area (Å²) in [5, 5.41) is 1.77. The molecule has 1 heterocycles. The van der Waals surface area contributed by atoms with Gasteiger partial charge in [-0.15, -0.1) is 0 Å². The average Bonchev–Trinajstić information content (AvgIpc) is 2.16. The van der Waals surface area contributed by atoms with Gasteiger partial charge in [-0.3, -0.25) is 0 Å². The van der Waals surface area contributed by atoms with E-state index in [9.17, 15) is 0 Å². The van der Waals surface area contributed by atoms with Crippen LogP contribution in [-0.2, 0) is 0 Å². The molecular formula is C13H14ClN. The van der Waals surface area contributed by atoms with Gasteiger partial charge in [0, 0.05) is 5.39 Å². The van der Waals surface area contributed by atoms with Crippen molar-refractivity contribution in [3.8, 4) is 0 Å². The maximum atomic E-state index is 5.92. The Morgan fingerprint density at radius 3 is 2.60 bits per heavy atom. The molecule has 15 heavy (non-hydrogen) atoms. The fourth-order valence-corrected chi connectivity index (χ4v) is 1.98. The van der Waals surface area contributed by atoms with Crippen LogP contribution in [0.2, 0.25) is 5.15 Å². The summed E-state index contributed by atoms with van der Waals surface area (Å²) in [4.78, 5) is 4.30. The van der Waals surface area contributed by atoms with Crippen molar-refractivity contribution in [2.75, 3.05) is 0 Å². The number of nitrogens with zero attached hydrogens (tertiary/aromatic N) is 1. The van der Waals surface area contributed by atoms with Gasteiger partial charge in [-0.2, -0.15) is 0 Å². The number of hydrogen-bond donors (Lipinski definition) is 0. The maximum Gasteiger partial charge on any atom is 0.130 e. The van der Waals surface area contributed by atoms with Crippen molar-refractivity contribution < 1.29 is 0 Å². The van der Waals surface area contributed by atoms with Crippen molar-refractivity contribution in [2.45, 2.75) is 26.7 Å². The molecule has 78 valence electrons. The van der Waals surface area contributed by atoms with Gasteiger partial charge in [0.15, 0.2) is 0 Å². The Morgan fingerprint density at radius 1 is 1.20 bits per heavy atom. The fraction of sp³-hybridized carbons (Fsp3) is 0.308. The SMILES string of the molecule is Cc1cc(Cl)nc2ccc(C(C)C)cc12. The molecule has 1 nitrogen and oxygen atoms in total. The van der Waals surface area contributed by atoms with Gasteiger partial charge in [-0.05, 0) is 42.2 Å². The van der Waals surface area contributed by atoms with Gasteiger partial charge in [0.05, 0.1) is 5.52 Å². The third kappa shape index (κ3) is 1.98. The largest absolute Gasteiger partial charge is 0.236 e. The van der Waals surface area contributed by atoms with E-state index in [-0.39, 0.29) is 0 Å². The van der Waals surface area contributed by atoms with E-state index in [0.29, 0.717) is 11.1 Å². The lowest BCUT2D eigenvalue weighted by atomic mass is 9.99. The van der Waals surface area contributed by atoms with Crippen LogP contribution in [0.4, 0.5) is 0 Å². The average molecular weight is 220 g/mol. The van der Waals surface area contributed by atoms with Crippen LogP contribution >= 0.6 is 11.6 Å². The molecule has 2 aromatic rings. The molecule has 0 saturated carbocycles. The van der Waals surface area contributed by atoms with E-state index < -0.39 is 0 Å². The molecule has 0 N–H and O–H groups in total. The molecule has 0 aliphatic heterocycles. The summed E-state index contributed by atoms with van der Waals surface area (Å²) in [6, 6.07) is 8.28. The summed E-state index contributed by atoms with van der Waals surface area (Å²) in [6.45, 7) is 6.46. The second kappa shape index (κ2) is 3.82. The lowest BCUT2D eigenvalue weighted by Gasteiger charge is -2.08. The highest BCUT2D eigenvalue weighted by molar-refractivity contribution is 6.29. The number of halogens is 1. The first-order chi connectivity index (χ1) is 7.08. The molecule has 0 fully saturated rings. The zero-order chi connectivity index (χ0) is 11.0. The molecule has 1 aromatic heterocycles. The monoisotopic (exact) mass is 219 g/mol. The van der Waals surface area contributed by atoms with Crippen LogP contribution in [0.3, 0.4) is 0 Å². The van der Waals surface area contributed by atoms with E-state index in [2.05, 4.69) is 37.9 Å². The van der Waals surface area contributed by atoms with Crippen molar-refractivity contribution in [3.63, 3.8) is 0 Å². The van der Waals surface area contributed by atoms with Gasteiger partial charge in [-0.25, -0.2) is 4.98 Å². The van der Waals surface area contributed by atoms with Crippen molar-refractivity contribution in [2.24, 2.45) is 0 Å². The first kappa shape index (κ1) is 10.4. The Kier molecular flexibility index (Phi) is 2.66. The number of benzene rings is 1. The van der Waals surface area contributed by atoms with Gasteiger partial charge < -0.3 is 0 Å². The predicted molar refractivity (Wildman–Crippen MR) is 65.6 cm³/mol. The van der Waals surface area contributed by atoms with Gasteiger partial charge >= 0.3 is 0 Å². The molecule has 0 atom stereocenters. The molecule has 2 heteroatoms. The summed E-state index contributed by atoms with van der Waals surface area (Å²) < 4.78 is 0. The minimum atomic E-state index is 0.546. The number of pyridine rings is 1. The zero-order valence-corrected chi connectivity index (χ0v) is 9.97. The molecule has 0 bridgehead atoms. The Hall–Kier alpha value is -1.08. The summed E-state index contributed by atoms with van der Waals surface area (Å²) in [5.41, 5.74) is 3.51. The van der Waals surface area contributed by atoms with Crippen molar-refractivity contribution in [3.05, 3.63) is 40.5 Å². The maximum absolute atomic E-state index is 5.92. The quantitative estimate of drug-likeness (QED) is 0.651. The molecule has 0 saturated heterocycles. The zero-order valence-electron chi connectivity index (χ0n) is 9.21. The lowest BCUT2D eigenvalue weighted by Crippen LogP contribution is -1.90. The van der Waals surface area contributed by atoms with Crippen LogP contribution in [0.5, 0.6) is 0 Å². The van der Waals surface area contributed by atoms with Gasteiger partial charge in [0.1, 0.15) is 5.15 Å². The number of hydrogen-bond acceptors (Lipinski definition) is 1. The van der Waals surface area contributed by atoms with E-state index in [1.54, 1.807) is 0 Å². The Labute approximate surface area is 95.1 Å². The number of fused-ring (bicyclic) bond motifs is 1. The van der Waals surface area contributed by atoms with E-state index >= 15 is 0 Å². The van der Waals surface area contributed by atoms with Crippen LogP contribution in [0.15, 0.2) is 24.3 Å². The minimum Gasteiger partial charge on any atom is -0.236 e. The Bertz CT molecular complexity index is 503. The Morgan fingerprint density at radius 2 is 1.93 bits per heavy atom. The van der Waals surface area contributed by atoms with Crippen LogP contribution in [0.25, 0.3) is 10.9 Å². The van der Waals surface area contributed by atoms with E-state index in [4.69, 9.17) is 11.6 Å². The van der Waals surface area contributed by atoms with Crippen LogP contribution < -0.4 is 0 Å². The van der Waals surface area contributed by atoms with Crippen molar-refractivity contribution in [1.82, 2.24) is 4.98 Å². The van der Waals surface area contributed by atoms with Crippen molar-refractivity contribution in [1.29, 1.82) is 0 Å². The Balaban J connectivity index is 2.71. The van der Waals surface area contributed by atoms with E-state index in [0.717, 1.165) is 5.52 Å². The fourth-order valence-electron chi connectivity index (χ4n) is 1.73. The highest BCUT2D eigenvalue weighted by Crippen LogP contribution is 2.24. The first-order valence-corrected chi connectivity index (χ1v) is 5.52. The molecule has 0 unspecified atom stereocenters. The molecule has 0 radical (unpaired) electrons. The molecule has 0 spiro atoms. The lowest BCUT2D eigenvalue weighted by molar-refractivity contribution is 0.868. The van der Waals surface area contributed by atoms with Crippen LogP contribution in [0, 0.1) is 6.92 Å². The van der Waals surface area contributed by atoms with Crippen molar-refractivity contribution >= 4 is 22.5 Å². The summed E-state index contributed by atoms with van der Waals surface area (Å²) in [5.74, 6) is 0.546. The molecule has 1 aromatic carbocycles. The summed E-state index contributed by atoms with van der Waals surface area (Å²) in [6.07, 6.45) is 0. The minimum absolute atomic E-state index is 0.546. The smallest absolute Gasteiger partial charge is 0.130 e. The number of aromatic nitrogens is 1. The molecule has 2 rings (SSSR count). The number of rotatable bonds is 1. The summed E-state index contributed by atoms with van der Waals surface area (Å²) >= 11 is 5.92. The van der Waals surface area contributed by atoms with Gasteiger partial charge in [0.2, 0.25) is 0 Å². The second-order valence-electron chi connectivity index (χ2n) is 4.19.